The van der Waals surface area contributed by atoms with E-state index in [-0.39, 0.29) is 11.0 Å². The molecule has 0 aromatic carbocycles. The maximum Gasteiger partial charge on any atom is 0.0437 e. The van der Waals surface area contributed by atoms with Gasteiger partial charge in [0, 0.05) is 19.8 Å². The highest BCUT2D eigenvalue weighted by Crippen LogP contribution is 1.64. The Labute approximate surface area is 68.6 Å². The van der Waals surface area contributed by atoms with E-state index < -0.39 is 0 Å². The monoisotopic (exact) mass is 166 g/mol. The van der Waals surface area contributed by atoms with E-state index in [1.807, 2.05) is 20.8 Å². The van der Waals surface area contributed by atoms with Crippen molar-refractivity contribution in [3.05, 3.63) is 0 Å². The van der Waals surface area contributed by atoms with E-state index in [0.29, 0.717) is 6.61 Å². The van der Waals surface area contributed by atoms with E-state index in [0.717, 1.165) is 19.6 Å². The fourth-order valence-corrected chi connectivity index (χ4v) is 0.204. The molecule has 0 spiro atoms. The van der Waals surface area contributed by atoms with Crippen molar-refractivity contribution in [3.63, 3.8) is 0 Å². The lowest BCUT2D eigenvalue weighted by atomic mass is 10.5. The van der Waals surface area contributed by atoms with Crippen LogP contribution in [0.4, 0.5) is 0 Å². The summed E-state index contributed by atoms with van der Waals surface area (Å²) >= 11 is 0. The van der Waals surface area contributed by atoms with Gasteiger partial charge in [-0.05, 0) is 31.2 Å². The second kappa shape index (κ2) is 22.9. The Kier molecular flexibility index (Phi) is 38.1. The van der Waals surface area contributed by atoms with Crippen LogP contribution in [0.3, 0.4) is 0 Å². The molecule has 0 bridgehead atoms. The summed E-state index contributed by atoms with van der Waals surface area (Å²) in [5.41, 5.74) is 0. The van der Waals surface area contributed by atoms with Gasteiger partial charge in [-0.25, -0.2) is 0 Å². The van der Waals surface area contributed by atoms with Gasteiger partial charge in [-0.3, -0.25) is 0 Å². The summed E-state index contributed by atoms with van der Waals surface area (Å²) in [6.45, 7) is 7.92. The minimum atomic E-state index is 0. The Morgan fingerprint density at radius 1 is 1.10 bits per heavy atom. The number of hydrogen-bond acceptors (Lipinski definition) is 2. The minimum Gasteiger partial charge on any atom is -0.396 e. The van der Waals surface area contributed by atoms with Gasteiger partial charge in [0.2, 0.25) is 0 Å². The maximum atomic E-state index is 7.88. The average molecular weight is 166 g/mol. The molecular weight excluding hydrogens is 144 g/mol. The van der Waals surface area contributed by atoms with Crippen molar-refractivity contribution >= 4 is 11.0 Å². The van der Waals surface area contributed by atoms with Gasteiger partial charge in [0.15, 0.2) is 0 Å². The van der Waals surface area contributed by atoms with E-state index >= 15 is 0 Å². The van der Waals surface area contributed by atoms with E-state index in [9.17, 15) is 0 Å². The zero-order valence-electron chi connectivity index (χ0n) is 6.68. The molecule has 0 aliphatic carbocycles. The summed E-state index contributed by atoms with van der Waals surface area (Å²) < 4.78 is 4.83. The van der Waals surface area contributed by atoms with Crippen molar-refractivity contribution in [3.8, 4) is 0 Å². The van der Waals surface area contributed by atoms with Crippen LogP contribution in [0.1, 0.15) is 27.2 Å². The summed E-state index contributed by atoms with van der Waals surface area (Å²) in [5, 5.41) is 7.88. The second-order valence-corrected chi connectivity index (χ2v) is 1.51. The highest BCUT2D eigenvalue weighted by Gasteiger charge is 1.64. The molecule has 0 saturated carbocycles. The number of hydrogen-bond donors (Lipinski definition) is 1. The molecule has 0 unspecified atom stereocenters. The van der Waals surface area contributed by atoms with E-state index in [1.165, 1.54) is 0 Å². The van der Waals surface area contributed by atoms with Crippen LogP contribution >= 0.6 is 0 Å². The quantitative estimate of drug-likeness (QED) is 0.597. The smallest absolute Gasteiger partial charge is 0.0437 e. The lowest BCUT2D eigenvalue weighted by molar-refractivity contribution is 0.162. The fraction of sp³-hybridized carbons (Fsp3) is 1.00. The zero-order valence-corrected chi connectivity index (χ0v) is 6.68. The van der Waals surface area contributed by atoms with Crippen LogP contribution in [-0.4, -0.2) is 35.9 Å². The molecule has 0 amide bonds. The Morgan fingerprint density at radius 3 is 1.40 bits per heavy atom. The van der Waals surface area contributed by atoms with Crippen LogP contribution < -0.4 is 0 Å². The molecule has 0 atom stereocenters. The molecule has 1 N–H and O–H groups in total. The van der Waals surface area contributed by atoms with Crippen molar-refractivity contribution < 1.29 is 9.84 Å². The predicted molar refractivity (Wildman–Crippen MR) is 50.9 cm³/mol. The molecule has 0 radical (unpaired) electrons. The molecule has 0 aliphatic rings. The first-order chi connectivity index (χ1) is 4.33. The maximum absolute atomic E-state index is 7.88. The largest absolute Gasteiger partial charge is 0.396 e. The lowest BCUT2D eigenvalue weighted by Crippen LogP contribution is -1.84. The van der Waals surface area contributed by atoms with Crippen molar-refractivity contribution in [1.82, 2.24) is 0 Å². The van der Waals surface area contributed by atoms with Crippen molar-refractivity contribution in [2.24, 2.45) is 0 Å². The van der Waals surface area contributed by atoms with Crippen LogP contribution in [0.5, 0.6) is 0 Å². The summed E-state index contributed by atoms with van der Waals surface area (Å²) in [7, 11) is 0. The highest BCUT2D eigenvalue weighted by molar-refractivity contribution is 5.75. The van der Waals surface area contributed by atoms with Crippen LogP contribution in [0.2, 0.25) is 0 Å². The van der Waals surface area contributed by atoms with Gasteiger partial charge in [0.05, 0.1) is 0 Å². The first-order valence-electron chi connectivity index (χ1n) is 3.51. The first kappa shape index (κ1) is 16.6. The van der Waals surface area contributed by atoms with E-state index in [1.54, 1.807) is 0 Å². The molecule has 10 heavy (non-hydrogen) atoms. The highest BCUT2D eigenvalue weighted by atomic mass is 28.1. The Hall–Kier alpha value is 0.137. The predicted octanol–water partition coefficient (Wildman–Crippen LogP) is -0.0201. The summed E-state index contributed by atoms with van der Waals surface area (Å²) in [6.07, 6.45) is 0.875. The van der Waals surface area contributed by atoms with Crippen molar-refractivity contribution in [2.75, 3.05) is 19.8 Å². The summed E-state index contributed by atoms with van der Waals surface area (Å²) in [4.78, 5) is 0. The molecule has 66 valence electrons. The third-order valence-corrected chi connectivity index (χ3v) is 0.632. The molecule has 0 aromatic heterocycles. The number of aliphatic hydroxyl groups is 1. The normalized spacial score (nSPS) is 7.20. The molecule has 0 aliphatic heterocycles. The SMILES string of the molecule is CCCO.CCOCC.[SiH4]. The Morgan fingerprint density at radius 2 is 1.40 bits per heavy atom. The van der Waals surface area contributed by atoms with Gasteiger partial charge in [0.1, 0.15) is 0 Å². The van der Waals surface area contributed by atoms with Gasteiger partial charge < -0.3 is 9.84 Å². The number of ether oxygens (including phenoxy) is 1. The van der Waals surface area contributed by atoms with Crippen LogP contribution in [0.15, 0.2) is 0 Å². The lowest BCUT2D eigenvalue weighted by Gasteiger charge is -1.86. The second-order valence-electron chi connectivity index (χ2n) is 1.51. The van der Waals surface area contributed by atoms with E-state index in [4.69, 9.17) is 9.84 Å². The molecular formula is C7H22O2Si. The molecule has 3 heteroatoms. The van der Waals surface area contributed by atoms with E-state index in [2.05, 4.69) is 0 Å². The zero-order chi connectivity index (χ0) is 7.54. The Balaban J connectivity index is -0.0000000910. The minimum absolute atomic E-state index is 0. The number of rotatable bonds is 3. The molecule has 0 heterocycles. The van der Waals surface area contributed by atoms with Gasteiger partial charge in [-0.15, -0.1) is 0 Å². The molecule has 0 fully saturated rings. The first-order valence-corrected chi connectivity index (χ1v) is 3.51. The molecule has 0 aromatic rings. The van der Waals surface area contributed by atoms with Crippen molar-refractivity contribution in [1.29, 1.82) is 0 Å². The number of aliphatic hydroxyl groups excluding tert-OH is 1. The molecule has 0 saturated heterocycles. The average Bonchev–Trinajstić information content (AvgIpc) is 1.91. The third-order valence-electron chi connectivity index (χ3n) is 0.632. The summed E-state index contributed by atoms with van der Waals surface area (Å²) in [6, 6.07) is 0. The van der Waals surface area contributed by atoms with Gasteiger partial charge in [0.25, 0.3) is 0 Å². The van der Waals surface area contributed by atoms with Crippen molar-refractivity contribution in [2.45, 2.75) is 27.2 Å². The fourth-order valence-electron chi connectivity index (χ4n) is 0.204. The third kappa shape index (κ3) is 42.1. The molecule has 0 rings (SSSR count). The Bertz CT molecular complexity index is 30.8. The van der Waals surface area contributed by atoms with Gasteiger partial charge in [-0.1, -0.05) is 6.92 Å². The van der Waals surface area contributed by atoms with Gasteiger partial charge >= 0.3 is 0 Å². The van der Waals surface area contributed by atoms with Crippen LogP contribution in [0.25, 0.3) is 0 Å². The van der Waals surface area contributed by atoms with Gasteiger partial charge in [-0.2, -0.15) is 0 Å². The topological polar surface area (TPSA) is 29.5 Å². The standard InChI is InChI=1S/C4H10O.C3H8O.H4Si/c1-3-5-4-2;1-2-3-4;/h3-4H2,1-2H3;4H,2-3H2,1H3;1H4. The van der Waals surface area contributed by atoms with Crippen LogP contribution in [-0.2, 0) is 4.74 Å². The molecule has 2 nitrogen and oxygen atoms in total. The van der Waals surface area contributed by atoms with Crippen LogP contribution in [0, 0.1) is 0 Å². The summed E-state index contributed by atoms with van der Waals surface area (Å²) in [5.74, 6) is 0.